The van der Waals surface area contributed by atoms with Crippen LogP contribution >= 0.6 is 23.5 Å². The lowest BCUT2D eigenvalue weighted by molar-refractivity contribution is 0.474. The van der Waals surface area contributed by atoms with E-state index in [-0.39, 0.29) is 5.75 Å². The van der Waals surface area contributed by atoms with Crippen LogP contribution in [0.2, 0.25) is 0 Å². The highest BCUT2D eigenvalue weighted by Gasteiger charge is 2.25. The minimum atomic E-state index is 0.161. The standard InChI is InChI=1S/C33H35N5OS2/c1-3-4-5-6-7-12-21-38-28-22-24(40-2)17-18-30(28)41-31(38)16-11-9-14-26-32(25-13-8-10-15-29(25)39)37-33(36-26)27-23-34-19-20-35-27/h8-11,13-20,22-23,39H,3-7,12,21H2,1-2H3/b11-9+,26-14-,31-16+. The van der Waals surface area contributed by atoms with Crippen molar-refractivity contribution in [3.05, 3.63) is 107 Å². The first-order valence-electron chi connectivity index (χ1n) is 14.1. The molecule has 2 aromatic carbocycles. The molecule has 2 aliphatic heterocycles. The molecular formula is C33H35N5OS2. The fourth-order valence-corrected chi connectivity index (χ4v) is 6.29. The van der Waals surface area contributed by atoms with Gasteiger partial charge in [0.25, 0.3) is 0 Å². The molecule has 0 spiro atoms. The molecule has 1 aromatic heterocycles. The number of anilines is 1. The van der Waals surface area contributed by atoms with E-state index >= 15 is 0 Å². The highest BCUT2D eigenvalue weighted by atomic mass is 32.2. The largest absolute Gasteiger partial charge is 0.507 e. The van der Waals surface area contributed by atoms with Crippen LogP contribution in [0.4, 0.5) is 5.69 Å². The van der Waals surface area contributed by atoms with Gasteiger partial charge in [0.15, 0.2) is 5.84 Å². The van der Waals surface area contributed by atoms with Gasteiger partial charge in [-0.05, 0) is 55.2 Å². The summed E-state index contributed by atoms with van der Waals surface area (Å²) in [6, 6.07) is 13.9. The number of para-hydroxylation sites is 1. The number of aliphatic imine (C=N–C) groups is 2. The molecule has 3 aromatic rings. The monoisotopic (exact) mass is 581 g/mol. The zero-order valence-corrected chi connectivity index (χ0v) is 25.2. The number of hydrogen-bond donors (Lipinski definition) is 1. The van der Waals surface area contributed by atoms with Crippen LogP contribution in [-0.4, -0.2) is 39.4 Å². The van der Waals surface area contributed by atoms with E-state index in [0.29, 0.717) is 28.5 Å². The van der Waals surface area contributed by atoms with Crippen molar-refractivity contribution in [3.63, 3.8) is 0 Å². The van der Waals surface area contributed by atoms with Gasteiger partial charge in [-0.15, -0.1) is 11.8 Å². The number of unbranched alkanes of at least 4 members (excludes halogenated alkanes) is 5. The fraction of sp³-hybridized carbons (Fsp3) is 0.273. The molecule has 0 aliphatic carbocycles. The predicted molar refractivity (Wildman–Crippen MR) is 173 cm³/mol. The van der Waals surface area contributed by atoms with Crippen molar-refractivity contribution >= 4 is 40.8 Å². The summed E-state index contributed by atoms with van der Waals surface area (Å²) >= 11 is 3.60. The molecule has 0 saturated carbocycles. The lowest BCUT2D eigenvalue weighted by Gasteiger charge is -2.20. The van der Waals surface area contributed by atoms with Crippen LogP contribution in [-0.2, 0) is 0 Å². The Morgan fingerprint density at radius 3 is 2.59 bits per heavy atom. The van der Waals surface area contributed by atoms with Crippen LogP contribution in [0.3, 0.4) is 0 Å². The molecule has 8 heteroatoms. The molecule has 41 heavy (non-hydrogen) atoms. The summed E-state index contributed by atoms with van der Waals surface area (Å²) in [4.78, 5) is 23.0. The SMILES string of the molecule is CCCCCCCCN1\C(=C/C=C/C=C2\N=C(c3cnccn3)N=C2c2ccccc2O)Sc2ccc(SC)cc21. The topological polar surface area (TPSA) is 74.0 Å². The number of phenols is 1. The van der Waals surface area contributed by atoms with Crippen molar-refractivity contribution in [2.45, 2.75) is 55.2 Å². The number of aromatic nitrogens is 2. The molecule has 0 bridgehead atoms. The van der Waals surface area contributed by atoms with Gasteiger partial charge in [-0.3, -0.25) is 4.98 Å². The molecule has 0 atom stereocenters. The average Bonchev–Trinajstić information content (AvgIpc) is 3.58. The first kappa shape index (κ1) is 28.9. The van der Waals surface area contributed by atoms with Crippen LogP contribution in [0.5, 0.6) is 5.75 Å². The number of phenolic OH excluding ortho intramolecular Hbond substituents is 1. The molecule has 2 aliphatic rings. The Hall–Kier alpha value is -3.62. The average molecular weight is 582 g/mol. The van der Waals surface area contributed by atoms with E-state index < -0.39 is 0 Å². The molecule has 0 fully saturated rings. The lowest BCUT2D eigenvalue weighted by Crippen LogP contribution is -2.19. The fourth-order valence-electron chi connectivity index (χ4n) is 4.77. The number of hydrogen-bond acceptors (Lipinski definition) is 8. The molecule has 3 heterocycles. The first-order valence-corrected chi connectivity index (χ1v) is 16.2. The van der Waals surface area contributed by atoms with E-state index in [1.54, 1.807) is 42.5 Å². The highest BCUT2D eigenvalue weighted by Crippen LogP contribution is 2.47. The van der Waals surface area contributed by atoms with Crippen molar-refractivity contribution in [3.8, 4) is 5.75 Å². The van der Waals surface area contributed by atoms with Crippen molar-refractivity contribution in [1.29, 1.82) is 0 Å². The first-order chi connectivity index (χ1) is 20.2. The smallest absolute Gasteiger partial charge is 0.181 e. The summed E-state index contributed by atoms with van der Waals surface area (Å²) < 4.78 is 0. The third-order valence-electron chi connectivity index (χ3n) is 6.91. The second-order valence-electron chi connectivity index (χ2n) is 9.80. The minimum Gasteiger partial charge on any atom is -0.507 e. The van der Waals surface area contributed by atoms with Crippen LogP contribution in [0.25, 0.3) is 0 Å². The van der Waals surface area contributed by atoms with Crippen LogP contribution in [0.15, 0.2) is 116 Å². The number of benzene rings is 2. The van der Waals surface area contributed by atoms with E-state index in [0.717, 1.165) is 6.54 Å². The second kappa shape index (κ2) is 14.3. The van der Waals surface area contributed by atoms with Crippen LogP contribution in [0, 0.1) is 0 Å². The van der Waals surface area contributed by atoms with Gasteiger partial charge in [0.1, 0.15) is 17.2 Å². The number of thioether (sulfide) groups is 2. The molecule has 1 N–H and O–H groups in total. The van der Waals surface area contributed by atoms with E-state index in [4.69, 9.17) is 9.98 Å². The van der Waals surface area contributed by atoms with Crippen molar-refractivity contribution < 1.29 is 5.11 Å². The molecule has 6 nitrogen and oxygen atoms in total. The Labute approximate surface area is 251 Å². The van der Waals surface area contributed by atoms with Gasteiger partial charge in [-0.25, -0.2) is 15.0 Å². The third kappa shape index (κ3) is 7.18. The maximum Gasteiger partial charge on any atom is 0.181 e. The van der Waals surface area contributed by atoms with Crippen molar-refractivity contribution in [2.75, 3.05) is 17.7 Å². The van der Waals surface area contributed by atoms with Gasteiger partial charge >= 0.3 is 0 Å². The van der Waals surface area contributed by atoms with E-state index in [1.807, 2.05) is 36.0 Å². The Morgan fingerprint density at radius 2 is 1.78 bits per heavy atom. The third-order valence-corrected chi connectivity index (χ3v) is 8.77. The summed E-state index contributed by atoms with van der Waals surface area (Å²) in [7, 11) is 0. The van der Waals surface area contributed by atoms with Gasteiger partial charge in [0.2, 0.25) is 0 Å². The zero-order chi connectivity index (χ0) is 28.4. The summed E-state index contributed by atoms with van der Waals surface area (Å²) in [5.41, 5.74) is 3.79. The van der Waals surface area contributed by atoms with E-state index in [1.165, 1.54) is 59.0 Å². The van der Waals surface area contributed by atoms with E-state index in [2.05, 4.69) is 58.4 Å². The Kier molecular flexibility index (Phi) is 10.1. The molecule has 0 radical (unpaired) electrons. The van der Waals surface area contributed by atoms with Gasteiger partial charge in [-0.1, -0.05) is 75.1 Å². The molecule has 210 valence electrons. The maximum atomic E-state index is 10.5. The number of aromatic hydroxyl groups is 1. The van der Waals surface area contributed by atoms with Gasteiger partial charge in [0, 0.05) is 34.3 Å². The van der Waals surface area contributed by atoms with Crippen molar-refractivity contribution in [2.24, 2.45) is 9.98 Å². The lowest BCUT2D eigenvalue weighted by atomic mass is 10.1. The Balaban J connectivity index is 1.38. The van der Waals surface area contributed by atoms with E-state index in [9.17, 15) is 5.11 Å². The van der Waals surface area contributed by atoms with Gasteiger partial charge in [0.05, 0.1) is 22.6 Å². The Bertz CT molecular complexity index is 1510. The number of fused-ring (bicyclic) bond motifs is 1. The molecular weight excluding hydrogens is 547 g/mol. The number of nitrogens with zero attached hydrogens (tertiary/aromatic N) is 5. The number of amidine groups is 1. The van der Waals surface area contributed by atoms with Gasteiger partial charge in [-0.2, -0.15) is 0 Å². The molecule has 0 amide bonds. The second-order valence-corrected chi connectivity index (χ2v) is 11.7. The normalized spacial score (nSPS) is 16.6. The maximum absolute atomic E-state index is 10.5. The molecule has 0 unspecified atom stereocenters. The molecule has 0 saturated heterocycles. The number of rotatable bonds is 12. The highest BCUT2D eigenvalue weighted by molar-refractivity contribution is 8.03. The quantitative estimate of drug-likeness (QED) is 0.171. The van der Waals surface area contributed by atoms with Crippen molar-refractivity contribution in [1.82, 2.24) is 9.97 Å². The summed E-state index contributed by atoms with van der Waals surface area (Å²) in [5.74, 6) is 0.639. The van der Waals surface area contributed by atoms with Gasteiger partial charge < -0.3 is 10.0 Å². The van der Waals surface area contributed by atoms with Crippen LogP contribution in [0.1, 0.15) is 56.7 Å². The predicted octanol–water partition coefficient (Wildman–Crippen LogP) is 8.41. The number of allylic oxidation sites excluding steroid dienone is 5. The van der Waals surface area contributed by atoms with Crippen LogP contribution < -0.4 is 4.90 Å². The zero-order valence-electron chi connectivity index (χ0n) is 23.5. The molecule has 5 rings (SSSR count). The minimum absolute atomic E-state index is 0.161. The summed E-state index contributed by atoms with van der Waals surface area (Å²) in [6.45, 7) is 3.28. The summed E-state index contributed by atoms with van der Waals surface area (Å²) in [5, 5.41) is 11.7. The summed E-state index contributed by atoms with van der Waals surface area (Å²) in [6.07, 6.45) is 22.8. The Morgan fingerprint density at radius 1 is 0.951 bits per heavy atom.